The van der Waals surface area contributed by atoms with Crippen molar-refractivity contribution < 1.29 is 0 Å². The van der Waals surface area contributed by atoms with Gasteiger partial charge in [0.25, 0.3) is 5.56 Å². The predicted octanol–water partition coefficient (Wildman–Crippen LogP) is 4.41. The van der Waals surface area contributed by atoms with Crippen molar-refractivity contribution in [3.63, 3.8) is 0 Å². The maximum Gasteiger partial charge on any atom is 0.255 e. The molecule has 1 aliphatic heterocycles. The highest BCUT2D eigenvalue weighted by Gasteiger charge is 2.23. The van der Waals surface area contributed by atoms with Crippen LogP contribution in [0, 0.1) is 0 Å². The molecule has 9 heteroatoms. The maximum atomic E-state index is 12.6. The van der Waals surface area contributed by atoms with Gasteiger partial charge in [0.2, 0.25) is 0 Å². The Morgan fingerprint density at radius 3 is 2.62 bits per heavy atom. The maximum absolute atomic E-state index is 12.6. The zero-order chi connectivity index (χ0) is 18.3. The summed E-state index contributed by atoms with van der Waals surface area (Å²) < 4.78 is 0.425. The fraction of sp³-hybridized carbons (Fsp3) is 0.235. The number of aromatic amines is 1. The van der Waals surface area contributed by atoms with E-state index in [0.717, 1.165) is 22.7 Å². The first-order valence-electron chi connectivity index (χ1n) is 7.90. The molecule has 26 heavy (non-hydrogen) atoms. The summed E-state index contributed by atoms with van der Waals surface area (Å²) in [7, 11) is 0. The Hall–Kier alpha value is -1.44. The lowest BCUT2D eigenvalue weighted by molar-refractivity contribution is 0.244. The Balaban J connectivity index is 1.59. The molecule has 4 rings (SSSR count). The van der Waals surface area contributed by atoms with Crippen LogP contribution in [-0.4, -0.2) is 26.4 Å². The van der Waals surface area contributed by atoms with Gasteiger partial charge in [-0.15, -0.1) is 11.3 Å². The number of nitrogens with one attached hydrogen (secondary N) is 1. The first-order valence-corrected chi connectivity index (χ1v) is 9.85. The zero-order valence-corrected chi connectivity index (χ0v) is 16.5. The fourth-order valence-electron chi connectivity index (χ4n) is 2.97. The van der Waals surface area contributed by atoms with Crippen molar-refractivity contribution in [3.8, 4) is 11.4 Å². The van der Waals surface area contributed by atoms with Crippen LogP contribution < -0.4 is 5.56 Å². The number of rotatable bonds is 3. The molecular formula is C17H13Cl3N4OS. The monoisotopic (exact) mass is 426 g/mol. The van der Waals surface area contributed by atoms with Gasteiger partial charge in [0.1, 0.15) is 11.0 Å². The second kappa shape index (κ2) is 7.29. The Morgan fingerprint density at radius 1 is 1.15 bits per heavy atom. The van der Waals surface area contributed by atoms with Crippen LogP contribution >= 0.6 is 46.1 Å². The molecular weight excluding hydrogens is 415 g/mol. The first-order chi connectivity index (χ1) is 12.5. The van der Waals surface area contributed by atoms with Gasteiger partial charge in [-0.25, -0.2) is 9.97 Å². The molecule has 0 bridgehead atoms. The molecule has 3 heterocycles. The largest absolute Gasteiger partial charge is 0.306 e. The molecule has 0 unspecified atom stereocenters. The third-order valence-corrected chi connectivity index (χ3v) is 6.08. The number of hydrogen-bond donors (Lipinski definition) is 1. The minimum Gasteiger partial charge on any atom is -0.306 e. The summed E-state index contributed by atoms with van der Waals surface area (Å²) in [5, 5.41) is 1.07. The molecule has 0 amide bonds. The van der Waals surface area contributed by atoms with E-state index in [-0.39, 0.29) is 5.56 Å². The van der Waals surface area contributed by atoms with Crippen LogP contribution in [0.15, 0.2) is 29.1 Å². The first kappa shape index (κ1) is 17.9. The summed E-state index contributed by atoms with van der Waals surface area (Å²) in [5.41, 5.74) is 2.25. The third kappa shape index (κ3) is 3.66. The summed E-state index contributed by atoms with van der Waals surface area (Å²) >= 11 is 19.3. The van der Waals surface area contributed by atoms with E-state index >= 15 is 0 Å². The van der Waals surface area contributed by atoms with E-state index in [4.69, 9.17) is 34.8 Å². The summed E-state index contributed by atoms with van der Waals surface area (Å²) in [6, 6.07) is 7.25. The average Bonchev–Trinajstić information content (AvgIpc) is 2.93. The van der Waals surface area contributed by atoms with Crippen LogP contribution in [0.4, 0.5) is 0 Å². The minimum absolute atomic E-state index is 0.113. The minimum atomic E-state index is -0.113. The van der Waals surface area contributed by atoms with Gasteiger partial charge >= 0.3 is 0 Å². The lowest BCUT2D eigenvalue weighted by Crippen LogP contribution is -2.35. The summed E-state index contributed by atoms with van der Waals surface area (Å²) in [6.07, 6.45) is 0.698. The molecule has 0 saturated carbocycles. The SMILES string of the molecule is O=c1[nH]c(-c2ccc(Cl)cc2)nc2c1CN(Cc1sc(Cl)nc1Cl)CC2. The molecule has 3 aromatic rings. The van der Waals surface area contributed by atoms with Crippen molar-refractivity contribution >= 4 is 46.1 Å². The van der Waals surface area contributed by atoms with Crippen LogP contribution in [0.25, 0.3) is 11.4 Å². The number of benzene rings is 1. The number of hydrogen-bond acceptors (Lipinski definition) is 5. The molecule has 1 N–H and O–H groups in total. The molecule has 134 valence electrons. The normalized spacial score (nSPS) is 14.4. The van der Waals surface area contributed by atoms with E-state index in [1.165, 1.54) is 11.3 Å². The molecule has 0 fully saturated rings. The standard InChI is InChI=1S/C17H13Cl3N4OS/c18-10-3-1-9(2-4-10)15-21-12-5-6-24(7-11(12)16(25)23-15)8-13-14(19)22-17(20)26-13/h1-4H,5-8H2,(H,21,23,25). The van der Waals surface area contributed by atoms with Crippen molar-refractivity contribution in [1.82, 2.24) is 19.9 Å². The van der Waals surface area contributed by atoms with E-state index in [0.29, 0.717) is 45.5 Å². The van der Waals surface area contributed by atoms with Gasteiger partial charge in [0.05, 0.1) is 16.1 Å². The Bertz CT molecular complexity index is 1020. The average molecular weight is 428 g/mol. The van der Waals surface area contributed by atoms with E-state index in [2.05, 4.69) is 19.9 Å². The van der Waals surface area contributed by atoms with Gasteiger partial charge in [0, 0.05) is 36.6 Å². The molecule has 0 saturated heterocycles. The zero-order valence-electron chi connectivity index (χ0n) is 13.4. The second-order valence-corrected chi connectivity index (χ2v) is 8.45. The lowest BCUT2D eigenvalue weighted by Gasteiger charge is -2.27. The van der Waals surface area contributed by atoms with Crippen LogP contribution in [0.5, 0.6) is 0 Å². The van der Waals surface area contributed by atoms with Crippen LogP contribution in [0.2, 0.25) is 14.6 Å². The number of fused-ring (bicyclic) bond motifs is 1. The van der Waals surface area contributed by atoms with Gasteiger partial charge in [-0.2, -0.15) is 0 Å². The smallest absolute Gasteiger partial charge is 0.255 e. The highest BCUT2D eigenvalue weighted by molar-refractivity contribution is 7.16. The van der Waals surface area contributed by atoms with Crippen molar-refractivity contribution in [1.29, 1.82) is 0 Å². The predicted molar refractivity (Wildman–Crippen MR) is 105 cm³/mol. The van der Waals surface area contributed by atoms with Gasteiger partial charge in [-0.1, -0.05) is 34.8 Å². The highest BCUT2D eigenvalue weighted by Crippen LogP contribution is 2.29. The number of H-pyrrole nitrogens is 1. The molecule has 0 spiro atoms. The van der Waals surface area contributed by atoms with Gasteiger partial charge in [0.15, 0.2) is 4.47 Å². The number of nitrogens with zero attached hydrogens (tertiary/aromatic N) is 3. The third-order valence-electron chi connectivity index (χ3n) is 4.26. The van der Waals surface area contributed by atoms with Crippen LogP contribution in [0.1, 0.15) is 16.1 Å². The summed E-state index contributed by atoms with van der Waals surface area (Å²) in [5.74, 6) is 0.566. The quantitative estimate of drug-likeness (QED) is 0.672. The Labute approximate surface area is 168 Å². The van der Waals surface area contributed by atoms with Crippen molar-refractivity contribution in [2.45, 2.75) is 19.5 Å². The number of halogens is 3. The highest BCUT2D eigenvalue weighted by atomic mass is 35.5. The lowest BCUT2D eigenvalue weighted by atomic mass is 10.1. The van der Waals surface area contributed by atoms with Gasteiger partial charge < -0.3 is 4.98 Å². The Morgan fingerprint density at radius 2 is 1.92 bits per heavy atom. The number of thiazole rings is 1. The Kier molecular flexibility index (Phi) is 5.03. The van der Waals surface area contributed by atoms with E-state index in [1.807, 2.05) is 12.1 Å². The van der Waals surface area contributed by atoms with Crippen molar-refractivity contribution in [2.24, 2.45) is 0 Å². The topological polar surface area (TPSA) is 61.9 Å². The fourth-order valence-corrected chi connectivity index (χ4v) is 4.53. The molecule has 0 aliphatic carbocycles. The second-order valence-electron chi connectivity index (χ2n) is 5.99. The van der Waals surface area contributed by atoms with Crippen molar-refractivity contribution in [3.05, 3.63) is 65.4 Å². The summed E-state index contributed by atoms with van der Waals surface area (Å²) in [6.45, 7) is 1.92. The van der Waals surface area contributed by atoms with E-state index < -0.39 is 0 Å². The molecule has 0 atom stereocenters. The van der Waals surface area contributed by atoms with Crippen LogP contribution in [0.3, 0.4) is 0 Å². The molecule has 1 aromatic carbocycles. The number of aromatic nitrogens is 3. The molecule has 1 aliphatic rings. The van der Waals surface area contributed by atoms with E-state index in [1.54, 1.807) is 12.1 Å². The summed E-state index contributed by atoms with van der Waals surface area (Å²) in [4.78, 5) is 27.2. The molecule has 2 aromatic heterocycles. The molecule has 0 radical (unpaired) electrons. The van der Waals surface area contributed by atoms with Gasteiger partial charge in [-0.05, 0) is 24.3 Å². The van der Waals surface area contributed by atoms with Gasteiger partial charge in [-0.3, -0.25) is 9.69 Å². The van der Waals surface area contributed by atoms with Crippen molar-refractivity contribution in [2.75, 3.05) is 6.54 Å². The molecule has 5 nitrogen and oxygen atoms in total. The van der Waals surface area contributed by atoms with Crippen LogP contribution in [-0.2, 0) is 19.5 Å². The van der Waals surface area contributed by atoms with E-state index in [9.17, 15) is 4.79 Å².